The van der Waals surface area contributed by atoms with E-state index in [0.717, 1.165) is 172 Å². The van der Waals surface area contributed by atoms with Gasteiger partial charge in [-0.3, -0.25) is 0 Å². The Morgan fingerprint density at radius 1 is 0.268 bits per heavy atom. The molecule has 0 aliphatic carbocycles. The molecule has 0 amide bonds. The lowest BCUT2D eigenvalue weighted by Gasteiger charge is -2.44. The van der Waals surface area contributed by atoms with Gasteiger partial charge in [-0.05, 0) is 177 Å². The number of benzene rings is 14. The van der Waals surface area contributed by atoms with Crippen molar-refractivity contribution < 1.29 is 8.83 Å². The molecule has 4 nitrogen and oxygen atoms in total. The molecule has 14 aromatic carbocycles. The van der Waals surface area contributed by atoms with Crippen LogP contribution in [0.4, 0.5) is 34.1 Å². The van der Waals surface area contributed by atoms with E-state index in [-0.39, 0.29) is 10.8 Å². The zero-order valence-electron chi connectivity index (χ0n) is 55.2. The molecule has 2 aliphatic rings. The molecule has 97 heavy (non-hydrogen) atoms. The average molecular weight is 1250 g/mol. The quantitative estimate of drug-likeness (QED) is 0.135. The maximum absolute atomic E-state index is 7.70. The second-order valence-electron chi connectivity index (χ2n) is 28.3. The molecule has 16 aromatic rings. The standard InChI is InChI=1S/C92H69BN2O2/c1-91(2,3)67-46-38-64(39-47-67)75-56-79-87(89-84(75)73-32-19-21-36-81(73)96-89)93-86-77(94(79)69-50-42-60(43-51-69)58-24-11-7-12-25-58)54-66(83-71(62-28-15-9-16-29-62)34-23-35-72(83)63-30-17-10-18-31-63)55-78(86)95(70-52-44-61(45-53-70)59-26-13-8-14-27-59)80-57-76(65-40-48-68(49-41-65)92(4,5)6)85-74-33-20-22-37-82(74)97-90(85)88(80)93/h7-57H,1-6H3. The minimum absolute atomic E-state index is 0.0443. The van der Waals surface area contributed by atoms with Crippen LogP contribution in [0.15, 0.2) is 318 Å². The fourth-order valence-electron chi connectivity index (χ4n) is 15.6. The van der Waals surface area contributed by atoms with E-state index in [1.807, 2.05) is 0 Å². The lowest BCUT2D eigenvalue weighted by atomic mass is 9.33. The van der Waals surface area contributed by atoms with Crippen LogP contribution in [0, 0.1) is 0 Å². The van der Waals surface area contributed by atoms with Gasteiger partial charge in [-0.1, -0.05) is 290 Å². The fourth-order valence-corrected chi connectivity index (χ4v) is 15.6. The van der Waals surface area contributed by atoms with Gasteiger partial charge in [0.15, 0.2) is 0 Å². The molecule has 0 radical (unpaired) electrons. The van der Waals surface area contributed by atoms with Gasteiger partial charge in [0.1, 0.15) is 22.3 Å². The maximum atomic E-state index is 7.70. The van der Waals surface area contributed by atoms with Crippen molar-refractivity contribution in [2.75, 3.05) is 9.80 Å². The van der Waals surface area contributed by atoms with Crippen LogP contribution < -0.4 is 26.2 Å². The Morgan fingerprint density at radius 3 is 0.969 bits per heavy atom. The van der Waals surface area contributed by atoms with Crippen molar-refractivity contribution in [2.45, 2.75) is 52.4 Å². The first-order valence-electron chi connectivity index (χ1n) is 33.9. The summed E-state index contributed by atoms with van der Waals surface area (Å²) in [5, 5.41) is 4.31. The highest BCUT2D eigenvalue weighted by atomic mass is 16.3. The molecule has 4 heterocycles. The Balaban J connectivity index is 1.04. The highest BCUT2D eigenvalue weighted by Crippen LogP contribution is 2.54. The highest BCUT2D eigenvalue weighted by molar-refractivity contribution is 7.03. The van der Waals surface area contributed by atoms with E-state index in [4.69, 9.17) is 8.83 Å². The van der Waals surface area contributed by atoms with E-state index in [0.29, 0.717) is 0 Å². The number of nitrogens with zero attached hydrogens (tertiary/aromatic N) is 2. The fraction of sp³-hybridized carbons (Fsp3) is 0.0870. The summed E-state index contributed by atoms with van der Waals surface area (Å²) in [5.74, 6) is 0. The number of rotatable bonds is 9. The van der Waals surface area contributed by atoms with Crippen LogP contribution in [0.2, 0.25) is 0 Å². The smallest absolute Gasteiger partial charge is 0.261 e. The van der Waals surface area contributed by atoms with Gasteiger partial charge in [-0.2, -0.15) is 0 Å². The predicted molar refractivity (Wildman–Crippen MR) is 410 cm³/mol. The number of fused-ring (bicyclic) bond motifs is 12. The van der Waals surface area contributed by atoms with Gasteiger partial charge in [0.25, 0.3) is 6.71 Å². The lowest BCUT2D eigenvalue weighted by Crippen LogP contribution is -2.61. The molecule has 0 bridgehead atoms. The van der Waals surface area contributed by atoms with Crippen molar-refractivity contribution in [1.82, 2.24) is 0 Å². The van der Waals surface area contributed by atoms with Crippen LogP contribution in [0.1, 0.15) is 52.7 Å². The van der Waals surface area contributed by atoms with E-state index < -0.39 is 6.71 Å². The van der Waals surface area contributed by atoms with Crippen LogP contribution in [0.25, 0.3) is 122 Å². The summed E-state index contributed by atoms with van der Waals surface area (Å²) in [7, 11) is 0. The predicted octanol–water partition coefficient (Wildman–Crippen LogP) is 23.8. The molecular weight excluding hydrogens is 1180 g/mol. The Labute approximate surface area is 567 Å². The summed E-state index contributed by atoms with van der Waals surface area (Å²) in [6.07, 6.45) is 0. The molecule has 18 rings (SSSR count). The molecule has 5 heteroatoms. The molecule has 0 atom stereocenters. The van der Waals surface area contributed by atoms with Gasteiger partial charge < -0.3 is 18.6 Å². The molecule has 2 aromatic heterocycles. The average Bonchev–Trinajstić information content (AvgIpc) is 1.67. The summed E-state index contributed by atoms with van der Waals surface area (Å²) >= 11 is 0. The van der Waals surface area contributed by atoms with E-state index in [9.17, 15) is 0 Å². The largest absolute Gasteiger partial charge is 0.456 e. The third kappa shape index (κ3) is 9.58. The topological polar surface area (TPSA) is 32.8 Å². The second-order valence-corrected chi connectivity index (χ2v) is 28.3. The van der Waals surface area contributed by atoms with Crippen molar-refractivity contribution in [3.63, 3.8) is 0 Å². The Morgan fingerprint density at radius 2 is 0.588 bits per heavy atom. The molecule has 0 saturated carbocycles. The normalized spacial score (nSPS) is 12.8. The molecule has 2 aliphatic heterocycles. The molecule has 0 spiro atoms. The number of para-hydroxylation sites is 2. The van der Waals surface area contributed by atoms with Gasteiger partial charge in [0, 0.05) is 55.7 Å². The summed E-state index contributed by atoms with van der Waals surface area (Å²) in [6, 6.07) is 114. The van der Waals surface area contributed by atoms with Gasteiger partial charge in [-0.25, -0.2) is 0 Å². The monoisotopic (exact) mass is 1240 g/mol. The molecule has 462 valence electrons. The van der Waals surface area contributed by atoms with Crippen molar-refractivity contribution >= 4 is 101 Å². The van der Waals surface area contributed by atoms with E-state index in [1.165, 1.54) is 11.1 Å². The third-order valence-electron chi connectivity index (χ3n) is 20.4. The van der Waals surface area contributed by atoms with E-state index in [2.05, 4.69) is 361 Å². The van der Waals surface area contributed by atoms with Gasteiger partial charge in [0.2, 0.25) is 0 Å². The summed E-state index contributed by atoms with van der Waals surface area (Å²) in [5.41, 5.74) is 31.2. The van der Waals surface area contributed by atoms with Gasteiger partial charge in [-0.15, -0.1) is 0 Å². The first-order chi connectivity index (χ1) is 47.4. The first-order valence-corrected chi connectivity index (χ1v) is 33.9. The van der Waals surface area contributed by atoms with Crippen LogP contribution >= 0.6 is 0 Å². The molecular formula is C92H69BN2O2. The highest BCUT2D eigenvalue weighted by Gasteiger charge is 2.48. The third-order valence-corrected chi connectivity index (χ3v) is 20.4. The van der Waals surface area contributed by atoms with Crippen molar-refractivity contribution in [3.8, 4) is 77.9 Å². The SMILES string of the molecule is CC(C)(C)c1ccc(-c2cc3c(c4oc5ccccc5c24)B2c4c(cc(-c5c(-c6ccccc6)cccc5-c5ccccc5)cc4N(c4ccc(-c5ccccc5)cc4)c4cc(-c5ccc(C(C)(C)C)cc5)c5c(oc6ccccc65)c42)N3c2ccc(-c3ccccc3)cc2)cc1. The minimum Gasteiger partial charge on any atom is -0.456 e. The Hall–Kier alpha value is -11.7. The minimum atomic E-state index is -0.442. The van der Waals surface area contributed by atoms with E-state index >= 15 is 0 Å². The maximum Gasteiger partial charge on any atom is 0.261 e. The van der Waals surface area contributed by atoms with Crippen LogP contribution in [0.5, 0.6) is 0 Å². The Bertz CT molecular complexity index is 5380. The zero-order chi connectivity index (χ0) is 65.3. The summed E-state index contributed by atoms with van der Waals surface area (Å²) < 4.78 is 15.4. The number of hydrogen-bond acceptors (Lipinski definition) is 4. The van der Waals surface area contributed by atoms with E-state index in [1.54, 1.807) is 0 Å². The summed E-state index contributed by atoms with van der Waals surface area (Å²) in [4.78, 5) is 5.14. The molecule has 0 saturated heterocycles. The van der Waals surface area contributed by atoms with Crippen molar-refractivity contribution in [1.29, 1.82) is 0 Å². The second kappa shape index (κ2) is 22.5. The Kier molecular flexibility index (Phi) is 13.4. The van der Waals surface area contributed by atoms with Crippen LogP contribution in [-0.2, 0) is 10.8 Å². The van der Waals surface area contributed by atoms with Crippen molar-refractivity contribution in [3.05, 3.63) is 321 Å². The van der Waals surface area contributed by atoms with Crippen molar-refractivity contribution in [2.24, 2.45) is 0 Å². The van der Waals surface area contributed by atoms with Gasteiger partial charge in [0.05, 0.1) is 0 Å². The van der Waals surface area contributed by atoms with Crippen LogP contribution in [0.3, 0.4) is 0 Å². The first kappa shape index (κ1) is 58.0. The lowest BCUT2D eigenvalue weighted by molar-refractivity contribution is 0.590. The van der Waals surface area contributed by atoms with Gasteiger partial charge >= 0.3 is 0 Å². The zero-order valence-corrected chi connectivity index (χ0v) is 55.2. The molecule has 0 fully saturated rings. The number of anilines is 6. The number of furan rings is 2. The molecule has 0 unspecified atom stereocenters. The number of hydrogen-bond donors (Lipinski definition) is 0. The van der Waals surface area contributed by atoms with Crippen LogP contribution in [-0.4, -0.2) is 6.71 Å². The molecule has 0 N–H and O–H groups in total. The summed E-state index contributed by atoms with van der Waals surface area (Å²) in [6.45, 7) is 13.3.